The van der Waals surface area contributed by atoms with E-state index in [1.54, 1.807) is 28.0 Å². The molecule has 0 bridgehead atoms. The summed E-state index contributed by atoms with van der Waals surface area (Å²) >= 11 is 11.9. The molecule has 3 rings (SSSR count). The topological polar surface area (TPSA) is 83.7 Å². The van der Waals surface area contributed by atoms with Gasteiger partial charge in [0.15, 0.2) is 0 Å². The Morgan fingerprint density at radius 3 is 2.36 bits per heavy atom. The predicted octanol–water partition coefficient (Wildman–Crippen LogP) is 2.07. The van der Waals surface area contributed by atoms with E-state index < -0.39 is 0 Å². The minimum atomic E-state index is -0.382. The Balaban J connectivity index is 1.65. The molecule has 0 unspecified atom stereocenters. The number of rotatable bonds is 3. The molecule has 6 nitrogen and oxygen atoms in total. The lowest BCUT2D eigenvalue weighted by Crippen LogP contribution is -2.44. The summed E-state index contributed by atoms with van der Waals surface area (Å²) in [5, 5.41) is 0.789. The van der Waals surface area contributed by atoms with Gasteiger partial charge in [-0.25, -0.2) is 0 Å². The van der Waals surface area contributed by atoms with Gasteiger partial charge in [0.1, 0.15) is 0 Å². The van der Waals surface area contributed by atoms with Gasteiger partial charge in [-0.15, -0.1) is 0 Å². The van der Waals surface area contributed by atoms with Gasteiger partial charge in [0.25, 0.3) is 0 Å². The average Bonchev–Trinajstić information content (AvgIpc) is 2.98. The van der Waals surface area contributed by atoms with Gasteiger partial charge in [0, 0.05) is 37.7 Å². The highest BCUT2D eigenvalue weighted by Gasteiger charge is 2.38. The van der Waals surface area contributed by atoms with Gasteiger partial charge < -0.3 is 15.5 Å². The summed E-state index contributed by atoms with van der Waals surface area (Å²) in [6.07, 6.45) is 1.34. The number of halogens is 2. The van der Waals surface area contributed by atoms with Crippen molar-refractivity contribution < 1.29 is 14.4 Å². The van der Waals surface area contributed by atoms with Crippen LogP contribution < -0.4 is 10.6 Å². The predicted molar refractivity (Wildman–Crippen MR) is 95.4 cm³/mol. The molecule has 2 aliphatic rings. The lowest BCUT2D eigenvalue weighted by Gasteiger charge is -2.32. The van der Waals surface area contributed by atoms with Gasteiger partial charge in [-0.3, -0.25) is 14.4 Å². The maximum atomic E-state index is 12.7. The molecular formula is C17H19Cl2N3O3. The van der Waals surface area contributed by atoms with Gasteiger partial charge in [-0.2, -0.15) is 0 Å². The van der Waals surface area contributed by atoms with Crippen molar-refractivity contribution >= 4 is 46.6 Å². The van der Waals surface area contributed by atoms with Crippen LogP contribution in [0.15, 0.2) is 18.2 Å². The molecule has 1 aromatic carbocycles. The van der Waals surface area contributed by atoms with E-state index in [0.29, 0.717) is 48.2 Å². The molecule has 2 fully saturated rings. The molecule has 25 heavy (non-hydrogen) atoms. The molecule has 0 spiro atoms. The summed E-state index contributed by atoms with van der Waals surface area (Å²) in [4.78, 5) is 39.6. The molecule has 2 aliphatic heterocycles. The molecule has 0 saturated carbocycles. The van der Waals surface area contributed by atoms with Crippen LogP contribution >= 0.6 is 23.2 Å². The van der Waals surface area contributed by atoms with E-state index in [9.17, 15) is 14.4 Å². The number of primary amides is 1. The summed E-state index contributed by atoms with van der Waals surface area (Å²) in [6, 6.07) is 4.99. The molecule has 2 saturated heterocycles. The standard InChI is InChI=1S/C17H19Cl2N3O3/c18-13-2-1-12(8-14(13)19)22-9-11(7-15(22)23)17(25)21-5-3-10(4-6-21)16(20)24/h1-2,8,10-11H,3-7,9H2,(H2,20,24)/t11-/m1/s1. The van der Waals surface area contributed by atoms with Gasteiger partial charge in [0.2, 0.25) is 17.7 Å². The summed E-state index contributed by atoms with van der Waals surface area (Å²) in [5.74, 6) is -1.01. The largest absolute Gasteiger partial charge is 0.369 e. The maximum absolute atomic E-state index is 12.7. The number of carbonyl (C=O) groups excluding carboxylic acids is 3. The molecule has 0 aliphatic carbocycles. The Bertz CT molecular complexity index is 717. The number of anilines is 1. The first kappa shape index (κ1) is 18.0. The van der Waals surface area contributed by atoms with Crippen molar-refractivity contribution in [2.24, 2.45) is 17.6 Å². The van der Waals surface area contributed by atoms with E-state index in [-0.39, 0.29) is 36.0 Å². The third-order valence-corrected chi connectivity index (χ3v) is 5.64. The van der Waals surface area contributed by atoms with Gasteiger partial charge in [0.05, 0.1) is 16.0 Å². The number of carbonyl (C=O) groups is 3. The number of piperidine rings is 1. The van der Waals surface area contributed by atoms with Crippen LogP contribution in [0.1, 0.15) is 19.3 Å². The molecular weight excluding hydrogens is 365 g/mol. The van der Waals surface area contributed by atoms with E-state index in [1.165, 1.54) is 0 Å². The van der Waals surface area contributed by atoms with Gasteiger partial charge >= 0.3 is 0 Å². The normalized spacial score (nSPS) is 21.7. The first-order valence-corrected chi connectivity index (χ1v) is 8.96. The first-order chi connectivity index (χ1) is 11.9. The average molecular weight is 384 g/mol. The number of nitrogens with two attached hydrogens (primary N) is 1. The molecule has 2 heterocycles. The number of nitrogens with zero attached hydrogens (tertiary/aromatic N) is 2. The SMILES string of the molecule is NC(=O)C1CCN(C(=O)[C@@H]2CC(=O)N(c3ccc(Cl)c(Cl)c3)C2)CC1. The molecule has 0 aromatic heterocycles. The molecule has 0 radical (unpaired) electrons. The van der Waals surface area contributed by atoms with Crippen LogP contribution in [0.4, 0.5) is 5.69 Å². The second-order valence-corrected chi connectivity index (χ2v) is 7.32. The lowest BCUT2D eigenvalue weighted by atomic mass is 9.95. The summed E-state index contributed by atoms with van der Waals surface area (Å²) in [6.45, 7) is 1.33. The highest BCUT2D eigenvalue weighted by atomic mass is 35.5. The molecule has 8 heteroatoms. The fourth-order valence-corrected chi connectivity index (χ4v) is 3.71. The number of hydrogen-bond donors (Lipinski definition) is 1. The number of hydrogen-bond acceptors (Lipinski definition) is 3. The second kappa shape index (κ2) is 7.22. The van der Waals surface area contributed by atoms with E-state index in [2.05, 4.69) is 0 Å². The van der Waals surface area contributed by atoms with Crippen LogP contribution in [0.25, 0.3) is 0 Å². The fourth-order valence-electron chi connectivity index (χ4n) is 3.42. The van der Waals surface area contributed by atoms with E-state index >= 15 is 0 Å². The Morgan fingerprint density at radius 1 is 1.08 bits per heavy atom. The van der Waals surface area contributed by atoms with Crippen molar-refractivity contribution in [3.8, 4) is 0 Å². The molecule has 2 N–H and O–H groups in total. The minimum Gasteiger partial charge on any atom is -0.369 e. The number of amides is 3. The smallest absolute Gasteiger partial charge is 0.228 e. The second-order valence-electron chi connectivity index (χ2n) is 6.51. The maximum Gasteiger partial charge on any atom is 0.228 e. The first-order valence-electron chi connectivity index (χ1n) is 8.20. The highest BCUT2D eigenvalue weighted by Crippen LogP contribution is 2.32. The molecule has 3 amide bonds. The minimum absolute atomic E-state index is 0.0427. The van der Waals surface area contributed by atoms with Crippen LogP contribution in [-0.2, 0) is 14.4 Å². The Hall–Kier alpha value is -1.79. The lowest BCUT2D eigenvalue weighted by molar-refractivity contribution is -0.138. The summed E-state index contributed by atoms with van der Waals surface area (Å²) < 4.78 is 0. The third-order valence-electron chi connectivity index (χ3n) is 4.90. The van der Waals surface area contributed by atoms with Crippen molar-refractivity contribution in [3.63, 3.8) is 0 Å². The molecule has 134 valence electrons. The zero-order chi connectivity index (χ0) is 18.1. The van der Waals surface area contributed by atoms with Crippen molar-refractivity contribution in [1.29, 1.82) is 0 Å². The Morgan fingerprint density at radius 2 is 1.76 bits per heavy atom. The summed E-state index contributed by atoms with van der Waals surface area (Å²) in [7, 11) is 0. The van der Waals surface area contributed by atoms with Crippen LogP contribution in [0, 0.1) is 11.8 Å². The van der Waals surface area contributed by atoms with Crippen LogP contribution in [0.2, 0.25) is 10.0 Å². The number of benzene rings is 1. The monoisotopic (exact) mass is 383 g/mol. The number of likely N-dealkylation sites (tertiary alicyclic amines) is 1. The van der Waals surface area contributed by atoms with Crippen LogP contribution in [0.3, 0.4) is 0 Å². The van der Waals surface area contributed by atoms with Crippen LogP contribution in [0.5, 0.6) is 0 Å². The van der Waals surface area contributed by atoms with Crippen molar-refractivity contribution in [2.45, 2.75) is 19.3 Å². The van der Waals surface area contributed by atoms with Crippen molar-refractivity contribution in [2.75, 3.05) is 24.5 Å². The zero-order valence-corrected chi connectivity index (χ0v) is 15.1. The highest BCUT2D eigenvalue weighted by molar-refractivity contribution is 6.42. The van der Waals surface area contributed by atoms with Gasteiger partial charge in [-0.1, -0.05) is 23.2 Å². The van der Waals surface area contributed by atoms with Crippen molar-refractivity contribution in [3.05, 3.63) is 28.2 Å². The van der Waals surface area contributed by atoms with E-state index in [1.807, 2.05) is 0 Å². The zero-order valence-electron chi connectivity index (χ0n) is 13.6. The third kappa shape index (κ3) is 3.75. The Labute approximate surface area is 155 Å². The fraction of sp³-hybridized carbons (Fsp3) is 0.471. The van der Waals surface area contributed by atoms with E-state index in [0.717, 1.165) is 0 Å². The van der Waals surface area contributed by atoms with E-state index in [4.69, 9.17) is 28.9 Å². The molecule has 1 aromatic rings. The van der Waals surface area contributed by atoms with Gasteiger partial charge in [-0.05, 0) is 31.0 Å². The van der Waals surface area contributed by atoms with Crippen molar-refractivity contribution in [1.82, 2.24) is 4.90 Å². The Kier molecular flexibility index (Phi) is 5.20. The molecule has 1 atom stereocenters. The summed E-state index contributed by atoms with van der Waals surface area (Å²) in [5.41, 5.74) is 5.96. The van der Waals surface area contributed by atoms with Crippen LogP contribution in [-0.4, -0.2) is 42.3 Å². The quantitative estimate of drug-likeness (QED) is 0.866.